The van der Waals surface area contributed by atoms with E-state index in [-0.39, 0.29) is 0 Å². The minimum atomic E-state index is -4.30. The number of alkyl halides is 6. The third-order valence-electron chi connectivity index (χ3n) is 4.70. The maximum absolute atomic E-state index is 12.5. The first-order valence-corrected chi connectivity index (χ1v) is 11.7. The Morgan fingerprint density at radius 3 is 1.53 bits per heavy atom. The maximum Gasteiger partial charge on any atom is 0.416 e. The van der Waals surface area contributed by atoms with E-state index in [0.717, 1.165) is 43.3 Å². The molecule has 4 rings (SSSR count). The van der Waals surface area contributed by atoms with Crippen molar-refractivity contribution in [2.24, 2.45) is 0 Å². The van der Waals surface area contributed by atoms with Crippen LogP contribution in [0.4, 0.5) is 26.3 Å². The quantitative estimate of drug-likeness (QED) is 0.159. The zero-order valence-corrected chi connectivity index (χ0v) is 21.9. The number of hydrogen-bond donors (Lipinski definition) is 0. The first-order valence-electron chi connectivity index (χ1n) is 9.54. The normalized spacial score (nSPS) is 11.8. The van der Waals surface area contributed by atoms with Crippen molar-refractivity contribution in [1.82, 2.24) is 19.1 Å². The van der Waals surface area contributed by atoms with Crippen molar-refractivity contribution < 1.29 is 26.3 Å². The molecule has 4 nitrogen and oxygen atoms in total. The van der Waals surface area contributed by atoms with Gasteiger partial charge >= 0.3 is 12.4 Å². The van der Waals surface area contributed by atoms with E-state index in [0.29, 0.717) is 11.4 Å². The van der Waals surface area contributed by atoms with Crippen molar-refractivity contribution in [1.29, 1.82) is 0 Å². The fourth-order valence-electron chi connectivity index (χ4n) is 3.03. The molecule has 0 radical (unpaired) electrons. The van der Waals surface area contributed by atoms with Crippen molar-refractivity contribution >= 4 is 45.2 Å². The average molecular weight is 704 g/mol. The van der Waals surface area contributed by atoms with Crippen LogP contribution >= 0.6 is 45.2 Å². The van der Waals surface area contributed by atoms with Gasteiger partial charge in [-0.15, -0.1) is 0 Å². The second-order valence-electron chi connectivity index (χ2n) is 7.01. The van der Waals surface area contributed by atoms with Crippen molar-refractivity contribution in [3.8, 4) is 11.4 Å². The summed E-state index contributed by atoms with van der Waals surface area (Å²) in [6.07, 6.45) is -5.28. The van der Waals surface area contributed by atoms with Crippen molar-refractivity contribution in [3.05, 3.63) is 91.1 Å². The molecule has 0 atom stereocenters. The summed E-state index contributed by atoms with van der Waals surface area (Å²) in [5, 5.41) is 0. The fourth-order valence-corrected chi connectivity index (χ4v) is 4.37. The zero-order chi connectivity index (χ0) is 25.3. The first kappa shape index (κ1) is 26.5. The molecule has 0 aliphatic heterocycles. The molecule has 0 N–H and O–H groups in total. The van der Waals surface area contributed by atoms with Gasteiger partial charge in [-0.25, -0.2) is 9.97 Å². The molecule has 0 bridgehead atoms. The molecule has 180 valence electrons. The SMILES string of the molecule is Cc1nc(I)c(I)n1-c1ccc(C(F)(F)F)cc1.Cc1nccn1-c1ccc(C(F)(F)F)cc1. The van der Waals surface area contributed by atoms with Crippen molar-refractivity contribution in [3.63, 3.8) is 0 Å². The molecule has 0 amide bonds. The van der Waals surface area contributed by atoms with Gasteiger partial charge in [0.15, 0.2) is 0 Å². The molecule has 0 fully saturated rings. The fraction of sp³-hybridized carbons (Fsp3) is 0.182. The van der Waals surface area contributed by atoms with Crippen LogP contribution in [0.25, 0.3) is 11.4 Å². The number of imidazole rings is 2. The average Bonchev–Trinajstić information content (AvgIpc) is 3.29. The van der Waals surface area contributed by atoms with Crippen LogP contribution in [-0.4, -0.2) is 19.1 Å². The minimum absolute atomic E-state index is 0.644. The van der Waals surface area contributed by atoms with Crippen LogP contribution in [0.1, 0.15) is 22.8 Å². The molecule has 0 unspecified atom stereocenters. The van der Waals surface area contributed by atoms with Gasteiger partial charge in [-0.05, 0) is 108 Å². The molecule has 0 saturated heterocycles. The number of aryl methyl sites for hydroxylation is 2. The summed E-state index contributed by atoms with van der Waals surface area (Å²) in [6.45, 7) is 3.61. The second-order valence-corrected chi connectivity index (χ2v) is 9.05. The molecule has 34 heavy (non-hydrogen) atoms. The van der Waals surface area contributed by atoms with Gasteiger partial charge in [0, 0.05) is 23.8 Å². The number of nitrogens with zero attached hydrogens (tertiary/aromatic N) is 4. The van der Waals surface area contributed by atoms with Gasteiger partial charge in [-0.2, -0.15) is 26.3 Å². The largest absolute Gasteiger partial charge is 0.416 e. The van der Waals surface area contributed by atoms with Gasteiger partial charge in [0.2, 0.25) is 0 Å². The van der Waals surface area contributed by atoms with Crippen LogP contribution in [0, 0.1) is 21.2 Å². The van der Waals surface area contributed by atoms with Gasteiger partial charge in [0.1, 0.15) is 19.1 Å². The van der Waals surface area contributed by atoms with Crippen LogP contribution in [0.2, 0.25) is 0 Å². The van der Waals surface area contributed by atoms with E-state index in [4.69, 9.17) is 0 Å². The zero-order valence-electron chi connectivity index (χ0n) is 17.6. The van der Waals surface area contributed by atoms with E-state index in [1.165, 1.54) is 24.3 Å². The molecule has 0 saturated carbocycles. The van der Waals surface area contributed by atoms with Crippen LogP contribution in [0.15, 0.2) is 60.9 Å². The lowest BCUT2D eigenvalue weighted by molar-refractivity contribution is -0.138. The summed E-state index contributed by atoms with van der Waals surface area (Å²) < 4.78 is 79.6. The summed E-state index contributed by atoms with van der Waals surface area (Å²) in [5.74, 6) is 1.49. The molecular formula is C22H16F6I2N4. The Hall–Kier alpha value is -2.10. The van der Waals surface area contributed by atoms with Gasteiger partial charge in [-0.3, -0.25) is 4.57 Å². The number of benzene rings is 2. The molecule has 0 aliphatic rings. The van der Waals surface area contributed by atoms with Crippen LogP contribution in [0.5, 0.6) is 0 Å². The summed E-state index contributed by atoms with van der Waals surface area (Å²) in [6, 6.07) is 10.1. The summed E-state index contributed by atoms with van der Waals surface area (Å²) in [7, 11) is 0. The Morgan fingerprint density at radius 1 is 0.706 bits per heavy atom. The Bertz CT molecular complexity index is 1260. The molecule has 2 heterocycles. The minimum Gasteiger partial charge on any atom is -0.304 e. The van der Waals surface area contributed by atoms with Gasteiger partial charge < -0.3 is 4.57 Å². The molecule has 2 aromatic heterocycles. The molecular weight excluding hydrogens is 688 g/mol. The standard InChI is InChI=1S/C11H7F3I2N2.C11H9F3N2/c1-6-17-9(15)10(16)18(6)8-4-2-7(3-5-8)11(12,13)14;1-8-15-6-7-16(8)10-4-2-9(3-5-10)11(12,13)14/h2-5H,1H3;2-7H,1H3. The Labute approximate surface area is 218 Å². The van der Waals surface area contributed by atoms with E-state index in [9.17, 15) is 26.3 Å². The van der Waals surface area contributed by atoms with Gasteiger partial charge in [0.25, 0.3) is 0 Å². The lowest BCUT2D eigenvalue weighted by atomic mass is 10.2. The predicted molar refractivity (Wildman–Crippen MR) is 132 cm³/mol. The first-order chi connectivity index (χ1) is 15.8. The number of halogens is 8. The molecule has 0 spiro atoms. The summed E-state index contributed by atoms with van der Waals surface area (Å²) in [5.41, 5.74) is 0.0612. The van der Waals surface area contributed by atoms with Crippen LogP contribution in [0.3, 0.4) is 0 Å². The lowest BCUT2D eigenvalue weighted by Crippen LogP contribution is -2.06. The number of hydrogen-bond acceptors (Lipinski definition) is 2. The monoisotopic (exact) mass is 704 g/mol. The van der Waals surface area contributed by atoms with Gasteiger partial charge in [-0.1, -0.05) is 0 Å². The number of aromatic nitrogens is 4. The summed E-state index contributed by atoms with van der Waals surface area (Å²) in [4.78, 5) is 8.28. The highest BCUT2D eigenvalue weighted by atomic mass is 127. The number of rotatable bonds is 2. The van der Waals surface area contributed by atoms with E-state index < -0.39 is 23.5 Å². The molecule has 12 heteroatoms. The smallest absolute Gasteiger partial charge is 0.304 e. The highest BCUT2D eigenvalue weighted by Crippen LogP contribution is 2.31. The summed E-state index contributed by atoms with van der Waals surface area (Å²) >= 11 is 4.22. The van der Waals surface area contributed by atoms with Gasteiger partial charge in [0.05, 0.1) is 11.1 Å². The van der Waals surface area contributed by atoms with E-state index in [1.54, 1.807) is 23.9 Å². The van der Waals surface area contributed by atoms with Crippen molar-refractivity contribution in [2.75, 3.05) is 0 Å². The lowest BCUT2D eigenvalue weighted by Gasteiger charge is -2.10. The van der Waals surface area contributed by atoms with E-state index in [1.807, 2.05) is 11.5 Å². The third-order valence-corrected chi connectivity index (χ3v) is 7.48. The Balaban J connectivity index is 0.000000192. The molecule has 2 aromatic carbocycles. The Kier molecular flexibility index (Phi) is 7.99. The molecule has 4 aromatic rings. The Morgan fingerprint density at radius 2 is 1.18 bits per heavy atom. The van der Waals surface area contributed by atoms with Crippen LogP contribution in [-0.2, 0) is 12.4 Å². The highest BCUT2D eigenvalue weighted by Gasteiger charge is 2.30. The van der Waals surface area contributed by atoms with Crippen LogP contribution < -0.4 is 0 Å². The highest BCUT2D eigenvalue weighted by molar-refractivity contribution is 14.1. The topological polar surface area (TPSA) is 35.6 Å². The van der Waals surface area contributed by atoms with E-state index in [2.05, 4.69) is 55.1 Å². The second kappa shape index (κ2) is 10.3. The van der Waals surface area contributed by atoms with Crippen molar-refractivity contribution in [2.45, 2.75) is 26.2 Å². The van der Waals surface area contributed by atoms with E-state index >= 15 is 0 Å². The maximum atomic E-state index is 12.5. The molecule has 0 aliphatic carbocycles. The third kappa shape index (κ3) is 6.12. The predicted octanol–water partition coefficient (Wildman–Crippen LogP) is 7.61.